The first kappa shape index (κ1) is 10.7. The van der Waals surface area contributed by atoms with Crippen LogP contribution in [0.25, 0.3) is 0 Å². The Morgan fingerprint density at radius 1 is 1.43 bits per heavy atom. The molecule has 1 rings (SSSR count). The lowest BCUT2D eigenvalue weighted by molar-refractivity contribution is 0.286. The van der Waals surface area contributed by atoms with Crippen LogP contribution in [0, 0.1) is 6.92 Å². The zero-order valence-electron chi connectivity index (χ0n) is 8.32. The summed E-state index contributed by atoms with van der Waals surface area (Å²) in [4.78, 5) is 8.13. The number of hydrogen-bond acceptors (Lipinski definition) is 5. The molecule has 1 aromatic rings. The van der Waals surface area contributed by atoms with E-state index in [-0.39, 0.29) is 6.61 Å². The number of nitrogen functional groups attached to an aromatic ring is 1. The maximum atomic E-state index is 8.58. The van der Waals surface area contributed by atoms with E-state index in [4.69, 9.17) is 10.8 Å². The highest BCUT2D eigenvalue weighted by Crippen LogP contribution is 2.07. The van der Waals surface area contributed by atoms with E-state index in [9.17, 15) is 0 Å². The molecule has 0 aliphatic rings. The molecule has 1 aromatic heterocycles. The summed E-state index contributed by atoms with van der Waals surface area (Å²) >= 11 is 0. The summed E-state index contributed by atoms with van der Waals surface area (Å²) in [6.45, 7) is 2.82. The number of aryl methyl sites for hydroxylation is 1. The van der Waals surface area contributed by atoms with Crippen molar-refractivity contribution in [3.8, 4) is 0 Å². The Bertz CT molecular complexity index is 270. The van der Waals surface area contributed by atoms with E-state index in [0.717, 1.165) is 25.2 Å². The van der Waals surface area contributed by atoms with Gasteiger partial charge in [-0.05, 0) is 19.8 Å². The molecular formula is C9H16N4O. The normalized spacial score (nSPS) is 10.1. The van der Waals surface area contributed by atoms with Crippen molar-refractivity contribution in [1.82, 2.24) is 9.97 Å². The minimum atomic E-state index is 0.229. The first-order valence-corrected chi connectivity index (χ1v) is 4.68. The molecule has 0 aliphatic heterocycles. The number of nitrogens with two attached hydrogens (primary N) is 1. The summed E-state index contributed by atoms with van der Waals surface area (Å²) in [6.07, 6.45) is 1.71. The number of hydrogen-bond donors (Lipinski definition) is 3. The summed E-state index contributed by atoms with van der Waals surface area (Å²) in [5.41, 5.74) is 5.56. The van der Waals surface area contributed by atoms with Crippen molar-refractivity contribution < 1.29 is 5.11 Å². The minimum Gasteiger partial charge on any atom is -0.396 e. The number of unbranched alkanes of at least 4 members (excludes halogenated alkanes) is 1. The smallest absolute Gasteiger partial charge is 0.131 e. The zero-order valence-corrected chi connectivity index (χ0v) is 8.32. The Morgan fingerprint density at radius 2 is 2.21 bits per heavy atom. The first-order valence-electron chi connectivity index (χ1n) is 4.68. The third-order valence-electron chi connectivity index (χ3n) is 1.75. The van der Waals surface area contributed by atoms with Crippen LogP contribution in [0.1, 0.15) is 18.7 Å². The lowest BCUT2D eigenvalue weighted by Crippen LogP contribution is -2.06. The molecule has 0 aliphatic carbocycles. The molecule has 0 saturated carbocycles. The third kappa shape index (κ3) is 3.57. The van der Waals surface area contributed by atoms with Gasteiger partial charge in [0, 0.05) is 19.2 Å². The standard InChI is InChI=1S/C9H16N4O/c1-7-12-8(10)6-9(13-7)11-4-2-3-5-14/h6,14H,2-5H2,1H3,(H3,10,11,12,13). The fourth-order valence-electron chi connectivity index (χ4n) is 1.13. The highest BCUT2D eigenvalue weighted by Gasteiger charge is 1.97. The van der Waals surface area contributed by atoms with Gasteiger partial charge in [-0.2, -0.15) is 0 Å². The molecule has 78 valence electrons. The quantitative estimate of drug-likeness (QED) is 0.599. The topological polar surface area (TPSA) is 84.1 Å². The average molecular weight is 196 g/mol. The molecule has 0 bridgehead atoms. The van der Waals surface area contributed by atoms with E-state index >= 15 is 0 Å². The molecule has 5 nitrogen and oxygen atoms in total. The number of nitrogens with zero attached hydrogens (tertiary/aromatic N) is 2. The summed E-state index contributed by atoms with van der Waals surface area (Å²) in [5.74, 6) is 1.88. The summed E-state index contributed by atoms with van der Waals surface area (Å²) in [5, 5.41) is 11.7. The van der Waals surface area contributed by atoms with Gasteiger partial charge in [0.2, 0.25) is 0 Å². The van der Waals surface area contributed by atoms with E-state index < -0.39 is 0 Å². The lowest BCUT2D eigenvalue weighted by atomic mass is 10.3. The molecule has 1 heterocycles. The third-order valence-corrected chi connectivity index (χ3v) is 1.75. The molecule has 14 heavy (non-hydrogen) atoms. The van der Waals surface area contributed by atoms with Gasteiger partial charge in [0.05, 0.1) is 0 Å². The van der Waals surface area contributed by atoms with Crippen LogP contribution in [0.2, 0.25) is 0 Å². The molecular weight excluding hydrogens is 180 g/mol. The molecule has 0 spiro atoms. The van der Waals surface area contributed by atoms with Gasteiger partial charge in [-0.25, -0.2) is 9.97 Å². The number of aliphatic hydroxyl groups excluding tert-OH is 1. The summed E-state index contributed by atoms with van der Waals surface area (Å²) < 4.78 is 0. The van der Waals surface area contributed by atoms with Crippen molar-refractivity contribution >= 4 is 11.6 Å². The summed E-state index contributed by atoms with van der Waals surface area (Å²) in [6, 6.07) is 1.70. The van der Waals surface area contributed by atoms with Crippen LogP contribution in [0.15, 0.2) is 6.07 Å². The maximum Gasteiger partial charge on any atom is 0.131 e. The van der Waals surface area contributed by atoms with Crippen LogP contribution in [0.4, 0.5) is 11.6 Å². The monoisotopic (exact) mass is 196 g/mol. The van der Waals surface area contributed by atoms with Crippen molar-refractivity contribution in [2.24, 2.45) is 0 Å². The van der Waals surface area contributed by atoms with Gasteiger partial charge in [0.25, 0.3) is 0 Å². The van der Waals surface area contributed by atoms with Crippen LogP contribution < -0.4 is 11.1 Å². The predicted molar refractivity (Wildman–Crippen MR) is 56.0 cm³/mol. The second-order valence-corrected chi connectivity index (χ2v) is 3.08. The largest absolute Gasteiger partial charge is 0.396 e. The number of anilines is 2. The average Bonchev–Trinajstić information content (AvgIpc) is 2.11. The minimum absolute atomic E-state index is 0.229. The molecule has 0 fully saturated rings. The van der Waals surface area contributed by atoms with E-state index in [1.807, 2.05) is 0 Å². The molecule has 5 heteroatoms. The van der Waals surface area contributed by atoms with Gasteiger partial charge in [0.15, 0.2) is 0 Å². The second-order valence-electron chi connectivity index (χ2n) is 3.08. The zero-order chi connectivity index (χ0) is 10.4. The van der Waals surface area contributed by atoms with Crippen molar-refractivity contribution in [3.63, 3.8) is 0 Å². The van der Waals surface area contributed by atoms with E-state index in [2.05, 4.69) is 15.3 Å². The lowest BCUT2D eigenvalue weighted by Gasteiger charge is -2.05. The van der Waals surface area contributed by atoms with E-state index in [1.165, 1.54) is 0 Å². The molecule has 4 N–H and O–H groups in total. The van der Waals surface area contributed by atoms with Crippen molar-refractivity contribution in [1.29, 1.82) is 0 Å². The van der Waals surface area contributed by atoms with Gasteiger partial charge >= 0.3 is 0 Å². The molecule has 0 radical (unpaired) electrons. The Kier molecular flexibility index (Phi) is 4.12. The Hall–Kier alpha value is -1.36. The molecule has 0 atom stereocenters. The van der Waals surface area contributed by atoms with E-state index in [1.54, 1.807) is 13.0 Å². The van der Waals surface area contributed by atoms with Gasteiger partial charge in [-0.3, -0.25) is 0 Å². The predicted octanol–water partition coefficient (Wildman–Crippen LogP) is 0.552. The van der Waals surface area contributed by atoms with Crippen LogP contribution in [0.5, 0.6) is 0 Å². The van der Waals surface area contributed by atoms with Crippen LogP contribution in [-0.4, -0.2) is 28.2 Å². The number of aliphatic hydroxyl groups is 1. The van der Waals surface area contributed by atoms with E-state index in [0.29, 0.717) is 11.6 Å². The van der Waals surface area contributed by atoms with Gasteiger partial charge in [-0.1, -0.05) is 0 Å². The molecule has 0 aromatic carbocycles. The van der Waals surface area contributed by atoms with Gasteiger partial charge < -0.3 is 16.2 Å². The van der Waals surface area contributed by atoms with Crippen molar-refractivity contribution in [2.45, 2.75) is 19.8 Å². The SMILES string of the molecule is Cc1nc(N)cc(NCCCCO)n1. The highest BCUT2D eigenvalue weighted by atomic mass is 16.2. The van der Waals surface area contributed by atoms with Gasteiger partial charge in [0.1, 0.15) is 17.5 Å². The highest BCUT2D eigenvalue weighted by molar-refractivity contribution is 5.44. The van der Waals surface area contributed by atoms with Crippen molar-refractivity contribution in [3.05, 3.63) is 11.9 Å². The molecule has 0 amide bonds. The number of aromatic nitrogens is 2. The van der Waals surface area contributed by atoms with Crippen molar-refractivity contribution in [2.75, 3.05) is 24.2 Å². The Morgan fingerprint density at radius 3 is 2.86 bits per heavy atom. The fourth-order valence-corrected chi connectivity index (χ4v) is 1.13. The Labute approximate surface area is 83.4 Å². The maximum absolute atomic E-state index is 8.58. The fraction of sp³-hybridized carbons (Fsp3) is 0.556. The number of rotatable bonds is 5. The Balaban J connectivity index is 2.42. The first-order chi connectivity index (χ1) is 6.72. The number of nitrogens with one attached hydrogen (secondary N) is 1. The van der Waals surface area contributed by atoms with Crippen LogP contribution in [0.3, 0.4) is 0 Å². The molecule has 0 saturated heterocycles. The van der Waals surface area contributed by atoms with Crippen LogP contribution >= 0.6 is 0 Å². The molecule has 0 unspecified atom stereocenters. The second kappa shape index (κ2) is 5.39. The summed E-state index contributed by atoms with van der Waals surface area (Å²) in [7, 11) is 0. The van der Waals surface area contributed by atoms with Gasteiger partial charge in [-0.15, -0.1) is 0 Å². The van der Waals surface area contributed by atoms with Crippen LogP contribution in [-0.2, 0) is 0 Å².